The number of hydrogen-bond donors (Lipinski definition) is 1. The van der Waals surface area contributed by atoms with Crippen LogP contribution in [0, 0.1) is 5.92 Å². The maximum atomic E-state index is 13.3. The molecule has 1 N–H and O–H groups in total. The summed E-state index contributed by atoms with van der Waals surface area (Å²) in [5.74, 6) is 1.08. The number of H-pyrrole nitrogens is 1. The van der Waals surface area contributed by atoms with Crippen molar-refractivity contribution in [3.8, 4) is 11.5 Å². The van der Waals surface area contributed by atoms with E-state index in [4.69, 9.17) is 4.98 Å². The molecule has 0 unspecified atom stereocenters. The van der Waals surface area contributed by atoms with Crippen LogP contribution in [0.15, 0.2) is 43.2 Å². The largest absolute Gasteiger partial charge is 0.434 e. The maximum absolute atomic E-state index is 13.3. The average molecular weight is 512 g/mol. The number of anilines is 1. The number of hydrogen-bond acceptors (Lipinski definition) is 7. The lowest BCUT2D eigenvalue weighted by molar-refractivity contribution is -0.141. The third-order valence-electron chi connectivity index (χ3n) is 7.08. The molecule has 0 aromatic carbocycles. The van der Waals surface area contributed by atoms with Crippen LogP contribution >= 0.6 is 0 Å². The molecule has 10 nitrogen and oxygen atoms in total. The summed E-state index contributed by atoms with van der Waals surface area (Å²) in [7, 11) is 0. The Morgan fingerprint density at radius 3 is 2.62 bits per heavy atom. The highest BCUT2D eigenvalue weighted by Gasteiger charge is 2.46. The second kappa shape index (κ2) is 8.53. The Balaban J connectivity index is 1.37. The standard InChI is InChI=1S/C24H24F3N9O/c1-13-11-34(14(2)21(16-7-31-32-8-16)36(13)23(37)15-3-4-15)19-5-6-28-22(33-19)17-9-30-20-10-29-18(12-35(17)20)24(25,26)27/h5-10,12-15,21H,3-4,11H2,1-2H3,(H,31,32)/t13-,14-,21-/m0/s1. The molecule has 2 fully saturated rings. The predicted octanol–water partition coefficient (Wildman–Crippen LogP) is 3.51. The highest BCUT2D eigenvalue weighted by molar-refractivity contribution is 5.82. The minimum Gasteiger partial charge on any atom is -0.349 e. The maximum Gasteiger partial charge on any atom is 0.434 e. The van der Waals surface area contributed by atoms with Gasteiger partial charge < -0.3 is 9.80 Å². The first-order valence-electron chi connectivity index (χ1n) is 12.0. The van der Waals surface area contributed by atoms with Crippen molar-refractivity contribution >= 4 is 17.4 Å². The van der Waals surface area contributed by atoms with Crippen molar-refractivity contribution in [1.82, 2.24) is 39.4 Å². The minimum atomic E-state index is -4.59. The van der Waals surface area contributed by atoms with E-state index in [2.05, 4.69) is 30.0 Å². The van der Waals surface area contributed by atoms with Gasteiger partial charge in [0.15, 0.2) is 17.2 Å². The van der Waals surface area contributed by atoms with Crippen LogP contribution in [-0.2, 0) is 11.0 Å². The summed E-state index contributed by atoms with van der Waals surface area (Å²) >= 11 is 0. The molecule has 1 aliphatic heterocycles. The van der Waals surface area contributed by atoms with Gasteiger partial charge in [0.25, 0.3) is 0 Å². The van der Waals surface area contributed by atoms with Crippen LogP contribution < -0.4 is 4.90 Å². The van der Waals surface area contributed by atoms with Crippen LogP contribution in [0.3, 0.4) is 0 Å². The van der Waals surface area contributed by atoms with Gasteiger partial charge in [-0.25, -0.2) is 19.9 Å². The van der Waals surface area contributed by atoms with E-state index < -0.39 is 11.9 Å². The number of nitrogens with zero attached hydrogens (tertiary/aromatic N) is 8. The topological polar surface area (TPSA) is 108 Å². The van der Waals surface area contributed by atoms with Crippen LogP contribution in [0.1, 0.15) is 44.0 Å². The average Bonchev–Trinajstić information content (AvgIpc) is 3.41. The van der Waals surface area contributed by atoms with Crippen LogP contribution in [0.25, 0.3) is 17.2 Å². The van der Waals surface area contributed by atoms with Crippen molar-refractivity contribution in [2.45, 2.75) is 51.0 Å². The lowest BCUT2D eigenvalue weighted by Gasteiger charge is -2.50. The van der Waals surface area contributed by atoms with E-state index in [0.29, 0.717) is 18.1 Å². The van der Waals surface area contributed by atoms with Gasteiger partial charge >= 0.3 is 6.18 Å². The van der Waals surface area contributed by atoms with Gasteiger partial charge in [0.05, 0.1) is 30.7 Å². The Morgan fingerprint density at radius 1 is 1.11 bits per heavy atom. The molecule has 0 bridgehead atoms. The fraction of sp³-hybridized carbons (Fsp3) is 0.417. The normalized spacial score (nSPS) is 22.6. The Hall–Kier alpha value is -4.03. The van der Waals surface area contributed by atoms with Crippen molar-refractivity contribution in [2.75, 3.05) is 11.4 Å². The molecule has 2 aliphatic rings. The molecule has 37 heavy (non-hydrogen) atoms. The van der Waals surface area contributed by atoms with E-state index in [1.54, 1.807) is 24.7 Å². The number of amides is 1. The van der Waals surface area contributed by atoms with Crippen molar-refractivity contribution < 1.29 is 18.0 Å². The van der Waals surface area contributed by atoms with Gasteiger partial charge in [-0.1, -0.05) is 0 Å². The predicted molar refractivity (Wildman–Crippen MR) is 126 cm³/mol. The van der Waals surface area contributed by atoms with E-state index in [0.717, 1.165) is 30.8 Å². The molecule has 5 heterocycles. The Labute approximate surface area is 209 Å². The number of nitrogens with one attached hydrogen (secondary N) is 1. The summed E-state index contributed by atoms with van der Waals surface area (Å²) < 4.78 is 41.1. The zero-order valence-corrected chi connectivity index (χ0v) is 20.1. The van der Waals surface area contributed by atoms with Crippen molar-refractivity contribution in [3.63, 3.8) is 0 Å². The van der Waals surface area contributed by atoms with E-state index in [1.807, 2.05) is 18.7 Å². The molecule has 4 aromatic heterocycles. The summed E-state index contributed by atoms with van der Waals surface area (Å²) in [6.07, 6.45) is 5.76. The molecule has 3 atom stereocenters. The highest BCUT2D eigenvalue weighted by atomic mass is 19.4. The van der Waals surface area contributed by atoms with Crippen LogP contribution in [0.5, 0.6) is 0 Å². The lowest BCUT2D eigenvalue weighted by atomic mass is 9.93. The molecular formula is C24H24F3N9O. The van der Waals surface area contributed by atoms with E-state index in [9.17, 15) is 18.0 Å². The number of rotatable bonds is 4. The van der Waals surface area contributed by atoms with Crippen molar-refractivity contribution in [1.29, 1.82) is 0 Å². The Bertz CT molecular complexity index is 1450. The second-order valence-corrected chi connectivity index (χ2v) is 9.62. The van der Waals surface area contributed by atoms with E-state index in [1.165, 1.54) is 10.6 Å². The molecule has 192 valence electrons. The number of alkyl halides is 3. The number of aromatic amines is 1. The monoisotopic (exact) mass is 511 g/mol. The summed E-state index contributed by atoms with van der Waals surface area (Å²) in [5, 5.41) is 6.96. The first kappa shape index (κ1) is 23.4. The first-order chi connectivity index (χ1) is 17.7. The number of fused-ring (bicyclic) bond motifs is 1. The summed E-state index contributed by atoms with van der Waals surface area (Å²) in [6, 6.07) is 1.27. The molecule has 0 radical (unpaired) electrons. The molecule has 1 saturated carbocycles. The highest BCUT2D eigenvalue weighted by Crippen LogP contribution is 2.41. The number of halogens is 3. The quantitative estimate of drug-likeness (QED) is 0.447. The third-order valence-corrected chi connectivity index (χ3v) is 7.08. The minimum absolute atomic E-state index is 0.0764. The van der Waals surface area contributed by atoms with Crippen LogP contribution in [0.4, 0.5) is 19.0 Å². The number of carbonyl (C=O) groups excluding carboxylic acids is 1. The number of carbonyl (C=O) groups is 1. The fourth-order valence-corrected chi connectivity index (χ4v) is 5.11. The zero-order valence-electron chi connectivity index (χ0n) is 20.1. The summed E-state index contributed by atoms with van der Waals surface area (Å²) in [6.45, 7) is 4.60. The molecule has 0 spiro atoms. The summed E-state index contributed by atoms with van der Waals surface area (Å²) in [5.41, 5.74) is 0.448. The van der Waals surface area contributed by atoms with Gasteiger partial charge in [0, 0.05) is 42.7 Å². The van der Waals surface area contributed by atoms with E-state index >= 15 is 0 Å². The van der Waals surface area contributed by atoms with Gasteiger partial charge in [0.2, 0.25) is 5.91 Å². The van der Waals surface area contributed by atoms with Crippen LogP contribution in [-0.4, -0.2) is 64.0 Å². The molecule has 1 amide bonds. The van der Waals surface area contributed by atoms with E-state index in [-0.39, 0.29) is 41.4 Å². The van der Waals surface area contributed by atoms with Gasteiger partial charge in [-0.2, -0.15) is 18.3 Å². The van der Waals surface area contributed by atoms with Gasteiger partial charge in [-0.3, -0.25) is 14.3 Å². The fourth-order valence-electron chi connectivity index (χ4n) is 5.11. The number of piperazine rings is 1. The van der Waals surface area contributed by atoms with Crippen molar-refractivity contribution in [2.24, 2.45) is 5.92 Å². The van der Waals surface area contributed by atoms with Crippen molar-refractivity contribution in [3.05, 3.63) is 54.5 Å². The van der Waals surface area contributed by atoms with Gasteiger partial charge in [0.1, 0.15) is 11.5 Å². The Morgan fingerprint density at radius 2 is 1.92 bits per heavy atom. The van der Waals surface area contributed by atoms with Gasteiger partial charge in [-0.05, 0) is 32.8 Å². The molecular weight excluding hydrogens is 487 g/mol. The SMILES string of the molecule is C[C@H]1[C@@H](c2cn[nH]c2)N(C(=O)C2CC2)[C@@H](C)CN1c1ccnc(-c2cnc3cnc(C(F)(F)F)cn23)n1. The first-order valence-corrected chi connectivity index (χ1v) is 12.0. The van der Waals surface area contributed by atoms with Gasteiger partial charge in [-0.15, -0.1) is 0 Å². The number of imidazole rings is 1. The zero-order chi connectivity index (χ0) is 25.9. The Kier molecular flexibility index (Phi) is 5.39. The second-order valence-electron chi connectivity index (χ2n) is 9.62. The molecule has 1 aliphatic carbocycles. The lowest BCUT2D eigenvalue weighted by Crippen LogP contribution is -2.60. The molecule has 1 saturated heterocycles. The molecule has 4 aromatic rings. The molecule has 13 heteroatoms. The van der Waals surface area contributed by atoms with Crippen LogP contribution in [0.2, 0.25) is 0 Å². The summed E-state index contributed by atoms with van der Waals surface area (Å²) in [4.78, 5) is 34.0. The number of aromatic nitrogens is 7. The smallest absolute Gasteiger partial charge is 0.349 e. The third kappa shape index (κ3) is 4.07. The molecule has 6 rings (SSSR count).